The van der Waals surface area contributed by atoms with Crippen LogP contribution in [-0.4, -0.2) is 166 Å². The Labute approximate surface area is 439 Å². The van der Waals surface area contributed by atoms with E-state index in [-0.39, 0.29) is 74.3 Å². The van der Waals surface area contributed by atoms with Crippen LogP contribution in [0.4, 0.5) is 37.7 Å². The number of pyridine rings is 1. The monoisotopic (exact) mass is 1090 g/mol. The molecule has 4 N–H and O–H groups in total. The molecule has 0 aliphatic carbocycles. The molecule has 27 heteroatoms. The first-order valence-corrected chi connectivity index (χ1v) is 26.3. The van der Waals surface area contributed by atoms with E-state index in [0.29, 0.717) is 96.2 Å². The molecular weight excluding hydrogens is 1040 g/mol. The number of amides is 4. The lowest BCUT2D eigenvalue weighted by Crippen LogP contribution is -2.54. The van der Waals surface area contributed by atoms with E-state index in [9.17, 15) is 36.4 Å². The summed E-state index contributed by atoms with van der Waals surface area (Å²) < 4.78 is 86.7. The molecular formula is C49H52ClF2N11O12S. The van der Waals surface area contributed by atoms with Crippen LogP contribution in [0.15, 0.2) is 77.8 Å². The Hall–Kier alpha value is -7.36. The fraction of sp³-hybridized carbons (Fsp3) is 0.388. The number of hydrogen-bond donors (Lipinski definition) is 4. The number of ether oxygens (including phenoxy) is 6. The Morgan fingerprint density at radius 1 is 0.855 bits per heavy atom. The second-order valence-corrected chi connectivity index (χ2v) is 20.1. The van der Waals surface area contributed by atoms with Crippen molar-refractivity contribution in [2.24, 2.45) is 0 Å². The highest BCUT2D eigenvalue weighted by Gasteiger charge is 2.46. The molecule has 3 aromatic carbocycles. The summed E-state index contributed by atoms with van der Waals surface area (Å²) in [6.07, 6.45) is -1.23. The van der Waals surface area contributed by atoms with Crippen molar-refractivity contribution >= 4 is 74.0 Å². The number of fused-ring (bicyclic) bond motifs is 2. The van der Waals surface area contributed by atoms with E-state index in [1.54, 1.807) is 36.4 Å². The highest BCUT2D eigenvalue weighted by Crippen LogP contribution is 2.48. The Morgan fingerprint density at radius 2 is 1.61 bits per heavy atom. The molecule has 2 saturated heterocycles. The van der Waals surface area contributed by atoms with E-state index < -0.39 is 51.8 Å². The summed E-state index contributed by atoms with van der Waals surface area (Å²) in [6.45, 7) is 5.85. The number of piperidine rings is 1. The number of methoxy groups -OCH3 is 1. The topological polar surface area (TPSA) is 267 Å². The first-order valence-electron chi connectivity index (χ1n) is 24.0. The molecule has 4 aliphatic rings. The van der Waals surface area contributed by atoms with Crippen molar-refractivity contribution in [1.29, 1.82) is 0 Å². The fourth-order valence-corrected chi connectivity index (χ4v) is 9.65. The van der Waals surface area contributed by atoms with Gasteiger partial charge in [0.15, 0.2) is 21.3 Å². The first kappa shape index (κ1) is 53.5. The third kappa shape index (κ3) is 12.5. The lowest BCUT2D eigenvalue weighted by molar-refractivity contribution is -0.287. The van der Waals surface area contributed by atoms with Gasteiger partial charge in [-0.15, -0.1) is 8.78 Å². The van der Waals surface area contributed by atoms with Crippen molar-refractivity contribution in [2.45, 2.75) is 36.1 Å². The van der Waals surface area contributed by atoms with Gasteiger partial charge < -0.3 is 49.3 Å². The van der Waals surface area contributed by atoms with Crippen molar-refractivity contribution in [3.05, 3.63) is 100 Å². The average molecular weight is 1090 g/mol. The number of anilines is 5. The van der Waals surface area contributed by atoms with Crippen molar-refractivity contribution in [2.75, 3.05) is 113 Å². The van der Waals surface area contributed by atoms with Gasteiger partial charge in [-0.1, -0.05) is 23.7 Å². The lowest BCUT2D eigenvalue weighted by atomic mass is 10.0. The molecule has 0 radical (unpaired) electrons. The Morgan fingerprint density at radius 3 is 2.34 bits per heavy atom. The number of carbonyl (C=O) groups is 4. The zero-order valence-corrected chi connectivity index (χ0v) is 42.6. The number of alkyl halides is 2. The van der Waals surface area contributed by atoms with Crippen LogP contribution in [0.3, 0.4) is 0 Å². The number of hydrogen-bond acceptors (Lipinski definition) is 21. The standard InChI is InChI=1S/C49H52ClF2N11O12S/c1-70-48-59-46(56-36-28-30(76(2,68)69)9-11-35(36)55-40(41-34(50)6-4-14-54-41)32-5-3-7-38-42(32)75-49(51,52)74-38)58-47(60-48)62-18-16-61(17-19-62)20-22-72-24-26-73-25-23-71-21-15-53-29-8-10-31-33(27-29)45(67)63(44(31)66)37-12-13-39(64)57-43(37)65/h3-11,14,27-28,37,40,53,55H,12-13,15-26H2,1-2H3,(H,57,64,65)(H,56,58,59,60)/t37?,40-/m0/s1. The van der Waals surface area contributed by atoms with Crippen molar-refractivity contribution < 1.29 is 64.8 Å². The van der Waals surface area contributed by atoms with Crippen LogP contribution in [0.2, 0.25) is 5.02 Å². The number of carbonyl (C=O) groups excluding carboxylic acids is 4. The molecule has 6 heterocycles. The summed E-state index contributed by atoms with van der Waals surface area (Å²) in [5.41, 5.74) is 1.95. The number of imide groups is 2. The number of sulfone groups is 1. The number of para-hydroxylation sites is 1. The minimum Gasteiger partial charge on any atom is -0.467 e. The maximum absolute atomic E-state index is 14.4. The number of benzene rings is 3. The molecule has 0 spiro atoms. The van der Waals surface area contributed by atoms with Gasteiger partial charge >= 0.3 is 12.3 Å². The van der Waals surface area contributed by atoms with Crippen molar-refractivity contribution in [3.63, 3.8) is 0 Å². The van der Waals surface area contributed by atoms with Gasteiger partial charge in [0.25, 0.3) is 11.8 Å². The number of nitrogens with one attached hydrogen (secondary N) is 4. The molecule has 76 heavy (non-hydrogen) atoms. The molecule has 2 atom stereocenters. The maximum Gasteiger partial charge on any atom is 0.586 e. The van der Waals surface area contributed by atoms with Gasteiger partial charge in [0.2, 0.25) is 23.7 Å². The summed E-state index contributed by atoms with van der Waals surface area (Å²) in [5, 5.41) is 12.0. The zero-order valence-electron chi connectivity index (χ0n) is 41.1. The summed E-state index contributed by atoms with van der Waals surface area (Å²) in [7, 11) is -2.32. The molecule has 4 aliphatic heterocycles. The molecule has 402 valence electrons. The smallest absolute Gasteiger partial charge is 0.467 e. The second-order valence-electron chi connectivity index (χ2n) is 17.6. The van der Waals surface area contributed by atoms with Crippen LogP contribution in [0.5, 0.6) is 17.5 Å². The number of aromatic nitrogens is 4. The third-order valence-electron chi connectivity index (χ3n) is 12.5. The molecule has 4 amide bonds. The molecule has 9 rings (SSSR count). The third-order valence-corrected chi connectivity index (χ3v) is 14.0. The van der Waals surface area contributed by atoms with Crippen LogP contribution in [0, 0.1) is 0 Å². The van der Waals surface area contributed by atoms with Crippen molar-refractivity contribution in [1.82, 2.24) is 35.1 Å². The number of piperazine rings is 1. The van der Waals surface area contributed by atoms with Crippen LogP contribution in [0.1, 0.15) is 50.9 Å². The summed E-state index contributed by atoms with van der Waals surface area (Å²) >= 11 is 6.64. The molecule has 0 saturated carbocycles. The number of nitrogens with zero attached hydrogens (tertiary/aromatic N) is 7. The van der Waals surface area contributed by atoms with E-state index >= 15 is 0 Å². The SMILES string of the molecule is COc1nc(Nc2cc(S(C)(=O)=O)ccc2N[C@@H](c2cccc3c2OC(F)(F)O3)c2ncccc2Cl)nc(N2CCN(CCOCCOCCOCCNc3ccc4c(c3)C(=O)N(C3CCC(=O)NC3=O)C4=O)CC2)n1. The summed E-state index contributed by atoms with van der Waals surface area (Å²) in [5.74, 6) is -2.33. The lowest BCUT2D eigenvalue weighted by Gasteiger charge is -2.34. The van der Waals surface area contributed by atoms with Crippen molar-refractivity contribution in [3.8, 4) is 17.5 Å². The van der Waals surface area contributed by atoms with E-state index in [4.69, 9.17) is 40.0 Å². The molecule has 2 fully saturated rings. The van der Waals surface area contributed by atoms with E-state index in [1.807, 2.05) is 4.90 Å². The van der Waals surface area contributed by atoms with Gasteiger partial charge in [0.1, 0.15) is 6.04 Å². The highest BCUT2D eigenvalue weighted by atomic mass is 35.5. The molecule has 0 bridgehead atoms. The quantitative estimate of drug-likeness (QED) is 0.0525. The van der Waals surface area contributed by atoms with Crippen LogP contribution >= 0.6 is 11.6 Å². The van der Waals surface area contributed by atoms with Gasteiger partial charge in [-0.05, 0) is 61.0 Å². The van der Waals surface area contributed by atoms with E-state index in [0.717, 1.165) is 11.2 Å². The minimum atomic E-state index is -3.92. The van der Waals surface area contributed by atoms with Crippen LogP contribution in [-0.2, 0) is 33.6 Å². The molecule has 5 aromatic rings. The molecule has 23 nitrogen and oxygen atoms in total. The Kier molecular flexibility index (Phi) is 16.4. The number of rotatable bonds is 23. The highest BCUT2D eigenvalue weighted by molar-refractivity contribution is 7.90. The normalized spacial score (nSPS) is 17.6. The molecule has 2 aromatic heterocycles. The summed E-state index contributed by atoms with van der Waals surface area (Å²) in [6, 6.07) is 14.6. The van der Waals surface area contributed by atoms with Gasteiger partial charge in [-0.3, -0.25) is 39.3 Å². The maximum atomic E-state index is 14.4. The first-order chi connectivity index (χ1) is 36.5. The van der Waals surface area contributed by atoms with Gasteiger partial charge in [0.05, 0.1) is 90.9 Å². The van der Waals surface area contributed by atoms with Crippen LogP contribution < -0.4 is 40.4 Å². The average Bonchev–Trinajstić information content (AvgIpc) is 3.90. The predicted molar refractivity (Wildman–Crippen MR) is 269 cm³/mol. The van der Waals surface area contributed by atoms with Gasteiger partial charge in [-0.2, -0.15) is 15.0 Å². The minimum absolute atomic E-state index is 0.00582. The van der Waals surface area contributed by atoms with Gasteiger partial charge in [-0.25, -0.2) is 8.42 Å². The predicted octanol–water partition coefficient (Wildman–Crippen LogP) is 4.28. The second kappa shape index (κ2) is 23.3. The van der Waals surface area contributed by atoms with E-state index in [1.165, 1.54) is 43.6 Å². The van der Waals surface area contributed by atoms with E-state index in [2.05, 4.69) is 46.1 Å². The van der Waals surface area contributed by atoms with Crippen LogP contribution in [0.25, 0.3) is 0 Å². The fourth-order valence-electron chi connectivity index (χ4n) is 8.77. The Bertz CT molecular complexity index is 3120. The zero-order chi connectivity index (χ0) is 53.6. The van der Waals surface area contributed by atoms with Gasteiger partial charge in [0, 0.05) is 69.4 Å². The Balaban J connectivity index is 0.719. The summed E-state index contributed by atoms with van der Waals surface area (Å²) in [4.78, 5) is 73.1. The molecule has 1 unspecified atom stereocenters. The number of halogens is 3. The largest absolute Gasteiger partial charge is 0.586 e.